The van der Waals surface area contributed by atoms with Gasteiger partial charge in [-0.25, -0.2) is 8.42 Å². The molecule has 1 N–H and O–H groups in total. The minimum Gasteiger partial charge on any atom is -0.379 e. The summed E-state index contributed by atoms with van der Waals surface area (Å²) in [4.78, 5) is 12.4. The van der Waals surface area contributed by atoms with Gasteiger partial charge in [0.25, 0.3) is 0 Å². The number of nitrogens with zero attached hydrogens (tertiary/aromatic N) is 1. The van der Waals surface area contributed by atoms with E-state index in [1.54, 1.807) is 6.07 Å². The Bertz CT molecular complexity index is 726. The highest BCUT2D eigenvalue weighted by molar-refractivity contribution is 7.89. The molecule has 25 heavy (non-hydrogen) atoms. The van der Waals surface area contributed by atoms with Gasteiger partial charge in [0.05, 0.1) is 18.2 Å². The van der Waals surface area contributed by atoms with Crippen LogP contribution in [-0.4, -0.2) is 44.9 Å². The summed E-state index contributed by atoms with van der Waals surface area (Å²) in [5.74, 6) is -0.0412. The molecule has 0 bridgehead atoms. The second kappa shape index (κ2) is 8.03. The Morgan fingerprint density at radius 1 is 1.16 bits per heavy atom. The van der Waals surface area contributed by atoms with Gasteiger partial charge in [-0.2, -0.15) is 4.31 Å². The van der Waals surface area contributed by atoms with Gasteiger partial charge in [0.1, 0.15) is 4.90 Å². The summed E-state index contributed by atoms with van der Waals surface area (Å²) in [5, 5.41) is 3.00. The van der Waals surface area contributed by atoms with Crippen molar-refractivity contribution < 1.29 is 17.9 Å². The SMILES string of the molecule is O=C(Nc1ccc(Cl)c(S(=O)(=O)N2CCOCC2)c1)C1CCCCC1. The fourth-order valence-corrected chi connectivity index (χ4v) is 5.22. The molecule has 1 aliphatic heterocycles. The molecule has 1 saturated heterocycles. The quantitative estimate of drug-likeness (QED) is 0.863. The Kier molecular flexibility index (Phi) is 5.99. The Morgan fingerprint density at radius 2 is 1.84 bits per heavy atom. The number of hydrogen-bond acceptors (Lipinski definition) is 4. The molecule has 2 aliphatic rings. The smallest absolute Gasteiger partial charge is 0.244 e. The maximum absolute atomic E-state index is 12.8. The van der Waals surface area contributed by atoms with Crippen molar-refractivity contribution in [1.29, 1.82) is 0 Å². The van der Waals surface area contributed by atoms with E-state index in [0.29, 0.717) is 32.0 Å². The van der Waals surface area contributed by atoms with Crippen LogP contribution in [-0.2, 0) is 19.6 Å². The molecule has 1 amide bonds. The Balaban J connectivity index is 1.79. The van der Waals surface area contributed by atoms with Gasteiger partial charge in [0.15, 0.2) is 0 Å². The van der Waals surface area contributed by atoms with E-state index < -0.39 is 10.0 Å². The number of carbonyl (C=O) groups excluding carboxylic acids is 1. The molecule has 138 valence electrons. The van der Waals surface area contributed by atoms with Crippen LogP contribution < -0.4 is 5.32 Å². The van der Waals surface area contributed by atoms with Crippen molar-refractivity contribution in [3.63, 3.8) is 0 Å². The third kappa shape index (κ3) is 4.34. The molecule has 6 nitrogen and oxygen atoms in total. The normalized spacial score (nSPS) is 20.4. The number of anilines is 1. The first-order valence-electron chi connectivity index (χ1n) is 8.67. The molecular weight excluding hydrogens is 364 g/mol. The molecule has 0 atom stereocenters. The zero-order chi connectivity index (χ0) is 17.9. The average Bonchev–Trinajstić information content (AvgIpc) is 2.64. The number of halogens is 1. The molecule has 0 aromatic heterocycles. The van der Waals surface area contributed by atoms with Gasteiger partial charge >= 0.3 is 0 Å². The zero-order valence-electron chi connectivity index (χ0n) is 14.0. The van der Waals surface area contributed by atoms with Gasteiger partial charge in [0.2, 0.25) is 15.9 Å². The van der Waals surface area contributed by atoms with E-state index in [0.717, 1.165) is 25.7 Å². The molecule has 1 heterocycles. The first kappa shape index (κ1) is 18.6. The monoisotopic (exact) mass is 386 g/mol. The summed E-state index contributed by atoms with van der Waals surface area (Å²) in [5.41, 5.74) is 0.465. The molecule has 0 radical (unpaired) electrons. The van der Waals surface area contributed by atoms with Crippen molar-refractivity contribution in [2.24, 2.45) is 5.92 Å². The van der Waals surface area contributed by atoms with Crippen LogP contribution >= 0.6 is 11.6 Å². The first-order valence-corrected chi connectivity index (χ1v) is 10.5. The number of sulfonamides is 1. The number of benzene rings is 1. The number of ether oxygens (including phenoxy) is 1. The van der Waals surface area contributed by atoms with Crippen LogP contribution in [0.15, 0.2) is 23.1 Å². The Morgan fingerprint density at radius 3 is 2.52 bits per heavy atom. The average molecular weight is 387 g/mol. The topological polar surface area (TPSA) is 75.7 Å². The molecule has 1 aliphatic carbocycles. The number of rotatable bonds is 4. The van der Waals surface area contributed by atoms with E-state index in [-0.39, 0.29) is 21.7 Å². The van der Waals surface area contributed by atoms with Crippen LogP contribution in [0.2, 0.25) is 5.02 Å². The number of amides is 1. The fraction of sp³-hybridized carbons (Fsp3) is 0.588. The van der Waals surface area contributed by atoms with E-state index in [9.17, 15) is 13.2 Å². The lowest BCUT2D eigenvalue weighted by Crippen LogP contribution is -2.40. The van der Waals surface area contributed by atoms with E-state index in [1.165, 1.54) is 22.9 Å². The van der Waals surface area contributed by atoms with Gasteiger partial charge in [-0.3, -0.25) is 4.79 Å². The summed E-state index contributed by atoms with van der Waals surface area (Å²) in [6, 6.07) is 4.61. The maximum Gasteiger partial charge on any atom is 0.244 e. The van der Waals surface area contributed by atoms with Crippen molar-refractivity contribution in [3.8, 4) is 0 Å². The van der Waals surface area contributed by atoms with Gasteiger partial charge in [-0.1, -0.05) is 30.9 Å². The summed E-state index contributed by atoms with van der Waals surface area (Å²) >= 11 is 6.14. The lowest BCUT2D eigenvalue weighted by molar-refractivity contribution is -0.120. The second-order valence-corrected chi connectivity index (χ2v) is 8.80. The van der Waals surface area contributed by atoms with Crippen LogP contribution in [0.5, 0.6) is 0 Å². The number of morpholine rings is 1. The second-order valence-electron chi connectivity index (χ2n) is 6.49. The highest BCUT2D eigenvalue weighted by Gasteiger charge is 2.29. The lowest BCUT2D eigenvalue weighted by atomic mass is 9.88. The number of hydrogen-bond donors (Lipinski definition) is 1. The third-order valence-electron chi connectivity index (χ3n) is 4.76. The molecular formula is C17H23ClN2O4S. The van der Waals surface area contributed by atoms with Gasteiger partial charge in [-0.15, -0.1) is 0 Å². The standard InChI is InChI=1S/C17H23ClN2O4S/c18-15-7-6-14(19-17(21)13-4-2-1-3-5-13)12-16(15)25(22,23)20-8-10-24-11-9-20/h6-7,12-13H,1-5,8-11H2,(H,19,21). The third-order valence-corrected chi connectivity index (χ3v) is 7.14. The molecule has 1 aromatic rings. The minimum atomic E-state index is -3.71. The predicted octanol–water partition coefficient (Wildman–Crippen LogP) is 2.88. The van der Waals surface area contributed by atoms with Crippen LogP contribution in [0.4, 0.5) is 5.69 Å². The first-order chi connectivity index (χ1) is 12.0. The highest BCUT2D eigenvalue weighted by atomic mass is 35.5. The lowest BCUT2D eigenvalue weighted by Gasteiger charge is -2.26. The van der Waals surface area contributed by atoms with Crippen molar-refractivity contribution in [2.75, 3.05) is 31.6 Å². The number of nitrogens with one attached hydrogen (secondary N) is 1. The summed E-state index contributed by atoms with van der Waals surface area (Å²) in [6.45, 7) is 1.35. The van der Waals surface area contributed by atoms with Gasteiger partial charge < -0.3 is 10.1 Å². The molecule has 1 aromatic carbocycles. The Labute approximate surface area is 153 Å². The molecule has 0 spiro atoms. The molecule has 1 saturated carbocycles. The molecule has 2 fully saturated rings. The molecule has 3 rings (SSSR count). The molecule has 8 heteroatoms. The Hall–Kier alpha value is -1.15. The van der Waals surface area contributed by atoms with Gasteiger partial charge in [-0.05, 0) is 31.0 Å². The fourth-order valence-electron chi connectivity index (χ4n) is 3.31. The predicted molar refractivity (Wildman–Crippen MR) is 96.2 cm³/mol. The zero-order valence-corrected chi connectivity index (χ0v) is 15.6. The van der Waals surface area contributed by atoms with Crippen LogP contribution in [0.1, 0.15) is 32.1 Å². The van der Waals surface area contributed by atoms with E-state index in [1.807, 2.05) is 0 Å². The van der Waals surface area contributed by atoms with Crippen molar-refractivity contribution in [2.45, 2.75) is 37.0 Å². The summed E-state index contributed by atoms with van der Waals surface area (Å²) in [7, 11) is -3.71. The number of carbonyl (C=O) groups is 1. The van der Waals surface area contributed by atoms with Crippen LogP contribution in [0, 0.1) is 5.92 Å². The largest absolute Gasteiger partial charge is 0.379 e. The van der Waals surface area contributed by atoms with Crippen LogP contribution in [0.3, 0.4) is 0 Å². The minimum absolute atomic E-state index is 0.00345. The van der Waals surface area contributed by atoms with Crippen molar-refractivity contribution in [3.05, 3.63) is 23.2 Å². The van der Waals surface area contributed by atoms with Crippen molar-refractivity contribution >= 4 is 33.2 Å². The maximum atomic E-state index is 12.8. The van der Waals surface area contributed by atoms with Crippen LogP contribution in [0.25, 0.3) is 0 Å². The van der Waals surface area contributed by atoms with E-state index in [2.05, 4.69) is 5.32 Å². The highest BCUT2D eigenvalue weighted by Crippen LogP contribution is 2.30. The van der Waals surface area contributed by atoms with E-state index >= 15 is 0 Å². The molecule has 0 unspecified atom stereocenters. The summed E-state index contributed by atoms with van der Waals surface area (Å²) < 4.78 is 32.2. The summed E-state index contributed by atoms with van der Waals surface area (Å²) in [6.07, 6.45) is 5.08. The van der Waals surface area contributed by atoms with Crippen molar-refractivity contribution in [1.82, 2.24) is 4.31 Å². The van der Waals surface area contributed by atoms with Gasteiger partial charge in [0, 0.05) is 24.7 Å². The van der Waals surface area contributed by atoms with E-state index in [4.69, 9.17) is 16.3 Å².